The molecule has 0 radical (unpaired) electrons. The number of hydrogen-bond acceptors (Lipinski definition) is 24. The van der Waals surface area contributed by atoms with Gasteiger partial charge in [0.25, 0.3) is 17.7 Å². The molecule has 3 saturated heterocycles. The zero-order chi connectivity index (χ0) is 74.6. The fourth-order valence-corrected chi connectivity index (χ4v) is 11.3. The van der Waals surface area contributed by atoms with Crippen LogP contribution in [0.4, 0.5) is 39.7 Å². The maximum Gasteiger partial charge on any atom is 0.410 e. The molecule has 15 heterocycles. The Balaban J connectivity index is 0.000000145. The van der Waals surface area contributed by atoms with Gasteiger partial charge in [0.15, 0.2) is 51.8 Å². The van der Waals surface area contributed by atoms with E-state index in [2.05, 4.69) is 86.9 Å². The van der Waals surface area contributed by atoms with Gasteiger partial charge in [0.1, 0.15) is 45.6 Å². The molecule has 36 nitrogen and oxygen atoms in total. The number of rotatable bonds is 15. The molecule has 3 fully saturated rings. The largest absolute Gasteiger partial charge is 0.444 e. The number of alkyl halides is 1. The monoisotopic (exact) mass is 1460 g/mol. The van der Waals surface area contributed by atoms with E-state index in [1.165, 1.54) is 18.6 Å². The van der Waals surface area contributed by atoms with Gasteiger partial charge >= 0.3 is 6.09 Å². The van der Waals surface area contributed by atoms with E-state index in [4.69, 9.17) is 37.4 Å². The quantitative estimate of drug-likeness (QED) is 0.0775. The Morgan fingerprint density at radius 3 is 1.14 bits per heavy atom. The van der Waals surface area contributed by atoms with Crippen LogP contribution in [0.25, 0.3) is 34.4 Å². The fraction of sp³-hybridized carbons (Fsp3) is 0.304. The minimum atomic E-state index is -0.544. The number of carbonyl (C=O) groups is 6. The standard InChI is InChI=1S/C25H29N9O3.C22H24N10O2.C20H21N9O.C2H4ClNO/c1-17-6-7-19(27-15-17)34-20(29-23(35)18-16-28-33-9-5-8-26-22(18)33)14-21(30-34)31-10-12-32(13-11-31)24(36)37-25(2,3)4;1-15-3-4-18(25-12-15)32-19(27-22(34)16-13-26-31-6-2-5-24-21(16)31)11-20(28-32)30-9-7-29(8-10-30)14-17(23)33;1-14-3-4-16(23-12-14)29-17(11-18(26-29)27-9-6-21-7-10-27)25-20(30)15-13-24-28-8-2-5-22-19(15)28;3-1-2(4)5/h5-9,14-16H,10-13H2,1-4H3,(H,29,35);2-6,11-13H,7-10,14H2,1H3,(H2,23,33)(H,27,34);2-5,8,11-13,21H,6-7,9-10H2,1H3,(H,25,30);1H2,(H2,4,5). The number of piperazine rings is 3. The highest BCUT2D eigenvalue weighted by atomic mass is 35.5. The Labute approximate surface area is 611 Å². The van der Waals surface area contributed by atoms with Crippen LogP contribution in [-0.4, -0.2) is 230 Å². The number of ether oxygens (including phenoxy) is 1. The summed E-state index contributed by atoms with van der Waals surface area (Å²) in [4.78, 5) is 109. The van der Waals surface area contributed by atoms with E-state index in [0.29, 0.717) is 133 Å². The molecule has 6 amide bonds. The minimum Gasteiger partial charge on any atom is -0.444 e. The van der Waals surface area contributed by atoms with Gasteiger partial charge in [0.05, 0.1) is 25.1 Å². The van der Waals surface area contributed by atoms with Crippen LogP contribution in [-0.2, 0) is 14.3 Å². The number of carbonyl (C=O) groups excluding carboxylic acids is 6. The van der Waals surface area contributed by atoms with Crippen LogP contribution < -0.4 is 47.4 Å². The summed E-state index contributed by atoms with van der Waals surface area (Å²) in [5, 5.41) is 39.0. The van der Waals surface area contributed by atoms with E-state index in [1.54, 1.807) is 106 Å². The number of hydrogen-bond donors (Lipinski definition) is 6. The van der Waals surface area contributed by atoms with Gasteiger partial charge in [-0.1, -0.05) is 18.2 Å². The Bertz CT molecular complexity index is 5080. The van der Waals surface area contributed by atoms with Crippen LogP contribution in [0.2, 0.25) is 0 Å². The molecule has 0 unspecified atom stereocenters. The number of nitrogens with two attached hydrogens (primary N) is 2. The number of fused-ring (bicyclic) bond motifs is 3. The van der Waals surface area contributed by atoms with Crippen molar-refractivity contribution < 1.29 is 33.5 Å². The van der Waals surface area contributed by atoms with E-state index in [0.717, 1.165) is 48.7 Å². The SMILES string of the molecule is Cc1ccc(-n2nc(N3CCN(C(=O)OC(C)(C)C)CC3)cc2NC(=O)c2cnn3cccnc23)nc1.Cc1ccc(-n2nc(N3CCN(CC(N)=O)CC3)cc2NC(=O)c2cnn3cccnc23)nc1.Cc1ccc(-n2nc(N3CCNCC3)cc2NC(=O)c2cnn3cccnc23)nc1.NC(=O)CCl. The summed E-state index contributed by atoms with van der Waals surface area (Å²) >= 11 is 4.86. The molecule has 15 rings (SSSR count). The third-order valence-corrected chi connectivity index (χ3v) is 16.9. The van der Waals surface area contributed by atoms with Crippen molar-refractivity contribution in [1.29, 1.82) is 0 Å². The average molecular weight is 1460 g/mol. The summed E-state index contributed by atoms with van der Waals surface area (Å²) in [6.45, 7) is 20.1. The van der Waals surface area contributed by atoms with Crippen LogP contribution in [0.15, 0.2) is 147 Å². The van der Waals surface area contributed by atoms with Crippen LogP contribution in [0.3, 0.4) is 0 Å². The van der Waals surface area contributed by atoms with Gasteiger partial charge in [-0.3, -0.25) is 28.9 Å². The van der Waals surface area contributed by atoms with Crippen LogP contribution >= 0.6 is 11.6 Å². The number of nitrogens with one attached hydrogen (secondary N) is 4. The maximum absolute atomic E-state index is 13.2. The molecule has 37 heteroatoms. The topological polar surface area (TPSA) is 411 Å². The van der Waals surface area contributed by atoms with E-state index < -0.39 is 11.5 Å². The summed E-state index contributed by atoms with van der Waals surface area (Å²) in [5.41, 5.74) is 14.9. The molecule has 0 saturated carbocycles. The molecule has 8 N–H and O–H groups in total. The van der Waals surface area contributed by atoms with Crippen LogP contribution in [0, 0.1) is 20.8 Å². The van der Waals surface area contributed by atoms with Gasteiger partial charge in [-0.15, -0.1) is 26.9 Å². The number of aryl methyl sites for hydroxylation is 3. The first-order valence-corrected chi connectivity index (χ1v) is 34.3. The molecule has 0 atom stereocenters. The van der Waals surface area contributed by atoms with E-state index in [9.17, 15) is 28.8 Å². The molecular weight excluding hydrogens is 1380 g/mol. The second kappa shape index (κ2) is 32.7. The second-order valence-corrected chi connectivity index (χ2v) is 26.0. The summed E-state index contributed by atoms with van der Waals surface area (Å²) in [6.07, 6.45) is 19.5. The summed E-state index contributed by atoms with van der Waals surface area (Å²) in [5.74, 6) is 3.52. The molecule has 0 aliphatic carbocycles. The molecule has 0 spiro atoms. The van der Waals surface area contributed by atoms with Crippen molar-refractivity contribution in [2.45, 2.75) is 47.1 Å². The van der Waals surface area contributed by atoms with E-state index in [-0.39, 0.29) is 42.1 Å². The van der Waals surface area contributed by atoms with Crippen molar-refractivity contribution in [3.63, 3.8) is 0 Å². The van der Waals surface area contributed by atoms with Crippen LogP contribution in [0.1, 0.15) is 68.5 Å². The molecule has 12 aromatic heterocycles. The van der Waals surface area contributed by atoms with Crippen LogP contribution in [0.5, 0.6) is 0 Å². The lowest BCUT2D eigenvalue weighted by Crippen LogP contribution is -2.50. The predicted molar refractivity (Wildman–Crippen MR) is 394 cm³/mol. The average Bonchev–Trinajstić information content (AvgIpc) is 1.65. The highest BCUT2D eigenvalue weighted by Crippen LogP contribution is 2.29. The van der Waals surface area contributed by atoms with Crippen molar-refractivity contribution >= 4 is 99.1 Å². The number of pyridine rings is 3. The first-order chi connectivity index (χ1) is 51.1. The normalized spacial score (nSPS) is 14.0. The Morgan fingerprint density at radius 1 is 0.472 bits per heavy atom. The highest BCUT2D eigenvalue weighted by molar-refractivity contribution is 6.27. The Kier molecular flexibility index (Phi) is 22.5. The molecular formula is C69H78ClN29O7. The Hall–Kier alpha value is -12.8. The van der Waals surface area contributed by atoms with Gasteiger partial charge in [-0.25, -0.2) is 48.2 Å². The predicted octanol–water partition coefficient (Wildman–Crippen LogP) is 4.40. The first-order valence-electron chi connectivity index (χ1n) is 33.8. The number of nitrogens with zero attached hydrogens (tertiary/aromatic N) is 23. The number of primary amides is 2. The van der Waals surface area contributed by atoms with Gasteiger partial charge in [-0.2, -0.15) is 29.3 Å². The second-order valence-electron chi connectivity index (χ2n) is 25.7. The smallest absolute Gasteiger partial charge is 0.410 e. The lowest BCUT2D eigenvalue weighted by atomic mass is 10.2. The van der Waals surface area contributed by atoms with E-state index in [1.807, 2.05) is 101 Å². The highest BCUT2D eigenvalue weighted by Gasteiger charge is 2.30. The summed E-state index contributed by atoms with van der Waals surface area (Å²) < 4.78 is 15.0. The lowest BCUT2D eigenvalue weighted by Gasteiger charge is -2.35. The van der Waals surface area contributed by atoms with Crippen molar-refractivity contribution in [2.75, 3.05) is 122 Å². The van der Waals surface area contributed by atoms with Crippen molar-refractivity contribution in [3.8, 4) is 17.5 Å². The number of aromatic nitrogens is 18. The van der Waals surface area contributed by atoms with Gasteiger partial charge in [-0.05, 0) is 94.6 Å². The number of amides is 6. The molecule has 12 aromatic rings. The van der Waals surface area contributed by atoms with Gasteiger partial charge in [0.2, 0.25) is 11.8 Å². The molecule has 3 aliphatic rings. The molecule has 3 aliphatic heterocycles. The maximum atomic E-state index is 13.2. The molecule has 548 valence electrons. The fourth-order valence-electron chi connectivity index (χ4n) is 11.3. The zero-order valence-corrected chi connectivity index (χ0v) is 59.7. The third kappa shape index (κ3) is 17.8. The van der Waals surface area contributed by atoms with Gasteiger partial charge in [0, 0.05) is 153 Å². The zero-order valence-electron chi connectivity index (χ0n) is 58.9. The molecule has 0 bridgehead atoms. The lowest BCUT2D eigenvalue weighted by molar-refractivity contribution is -0.119. The molecule has 0 aromatic carbocycles. The van der Waals surface area contributed by atoms with Crippen molar-refractivity contribution in [2.24, 2.45) is 11.5 Å². The summed E-state index contributed by atoms with van der Waals surface area (Å²) in [7, 11) is 0. The van der Waals surface area contributed by atoms with Crippen molar-refractivity contribution in [1.82, 2.24) is 103 Å². The molecule has 106 heavy (non-hydrogen) atoms. The summed E-state index contributed by atoms with van der Waals surface area (Å²) in [6, 6.07) is 22.2. The minimum absolute atomic E-state index is 0.0833. The number of anilines is 6. The van der Waals surface area contributed by atoms with Crippen molar-refractivity contribution in [3.05, 3.63) is 181 Å². The Morgan fingerprint density at radius 2 is 0.821 bits per heavy atom. The first kappa shape index (κ1) is 72.9. The third-order valence-electron chi connectivity index (χ3n) is 16.6. The van der Waals surface area contributed by atoms with E-state index >= 15 is 0 Å². The number of halogens is 1. The van der Waals surface area contributed by atoms with Gasteiger partial charge < -0.3 is 57.1 Å².